The molecule has 1 aliphatic rings. The normalized spacial score (nSPS) is 16.9. The first-order chi connectivity index (χ1) is 6.86. The molecule has 0 radical (unpaired) electrons. The zero-order chi connectivity index (χ0) is 9.80. The maximum atomic E-state index is 5.95. The zero-order valence-corrected chi connectivity index (χ0v) is 8.62. The molecule has 0 atom stereocenters. The van der Waals surface area contributed by atoms with Crippen molar-refractivity contribution in [3.05, 3.63) is 29.8 Å². The van der Waals surface area contributed by atoms with Crippen molar-refractivity contribution in [1.29, 1.82) is 0 Å². The largest absolute Gasteiger partial charge is 0.490 e. The standard InChI is InChI=1S/C12H17NO.CH4/c1-10-4-2-3-5-12(10)14-11-6-8-13-9-7-11;/h2-5,11,13H,6-9H2,1H3;1H4. The molecule has 0 spiro atoms. The fourth-order valence-electron chi connectivity index (χ4n) is 1.78. The minimum Gasteiger partial charge on any atom is -0.490 e. The second kappa shape index (κ2) is 5.76. The molecule has 0 bridgehead atoms. The Kier molecular flexibility index (Phi) is 4.63. The van der Waals surface area contributed by atoms with E-state index in [1.807, 2.05) is 12.1 Å². The third-order valence-corrected chi connectivity index (χ3v) is 2.67. The molecule has 2 rings (SSSR count). The van der Waals surface area contributed by atoms with Crippen LogP contribution in [-0.4, -0.2) is 19.2 Å². The Morgan fingerprint density at radius 3 is 2.53 bits per heavy atom. The molecule has 84 valence electrons. The Balaban J connectivity index is 0.00000112. The molecule has 2 nitrogen and oxygen atoms in total. The fourth-order valence-corrected chi connectivity index (χ4v) is 1.78. The van der Waals surface area contributed by atoms with Gasteiger partial charge in [-0.2, -0.15) is 0 Å². The Bertz CT molecular complexity index is 292. The first-order valence-corrected chi connectivity index (χ1v) is 5.29. The third kappa shape index (κ3) is 3.24. The third-order valence-electron chi connectivity index (χ3n) is 2.67. The summed E-state index contributed by atoms with van der Waals surface area (Å²) < 4.78 is 5.95. The highest BCUT2D eigenvalue weighted by Crippen LogP contribution is 2.20. The number of nitrogens with one attached hydrogen (secondary N) is 1. The highest BCUT2D eigenvalue weighted by atomic mass is 16.5. The van der Waals surface area contributed by atoms with E-state index in [0.717, 1.165) is 31.7 Å². The SMILES string of the molecule is C.Cc1ccccc1OC1CCNCC1. The van der Waals surface area contributed by atoms with Crippen LogP contribution in [0.15, 0.2) is 24.3 Å². The second-order valence-corrected chi connectivity index (χ2v) is 3.83. The number of hydrogen-bond acceptors (Lipinski definition) is 2. The molecule has 1 N–H and O–H groups in total. The lowest BCUT2D eigenvalue weighted by Gasteiger charge is -2.24. The van der Waals surface area contributed by atoms with Gasteiger partial charge in [-0.3, -0.25) is 0 Å². The van der Waals surface area contributed by atoms with Gasteiger partial charge in [0.1, 0.15) is 11.9 Å². The molecule has 0 saturated carbocycles. The molecule has 1 aromatic carbocycles. The lowest BCUT2D eigenvalue weighted by atomic mass is 10.1. The van der Waals surface area contributed by atoms with E-state index in [1.165, 1.54) is 5.56 Å². The zero-order valence-electron chi connectivity index (χ0n) is 8.62. The predicted molar refractivity (Wildman–Crippen MR) is 64.4 cm³/mol. The summed E-state index contributed by atoms with van der Waals surface area (Å²) in [6.07, 6.45) is 2.64. The van der Waals surface area contributed by atoms with Crippen LogP contribution in [0.2, 0.25) is 0 Å². The van der Waals surface area contributed by atoms with Gasteiger partial charge in [0.05, 0.1) is 0 Å². The fraction of sp³-hybridized carbons (Fsp3) is 0.538. The molecule has 1 heterocycles. The van der Waals surface area contributed by atoms with Gasteiger partial charge in [-0.25, -0.2) is 0 Å². The van der Waals surface area contributed by atoms with Gasteiger partial charge in [-0.1, -0.05) is 25.6 Å². The molecular formula is C13H21NO. The molecule has 0 aromatic heterocycles. The molecule has 1 aliphatic heterocycles. The van der Waals surface area contributed by atoms with Gasteiger partial charge in [0, 0.05) is 0 Å². The van der Waals surface area contributed by atoms with E-state index in [9.17, 15) is 0 Å². The molecule has 1 saturated heterocycles. The van der Waals surface area contributed by atoms with Gasteiger partial charge >= 0.3 is 0 Å². The first kappa shape index (κ1) is 12.1. The van der Waals surface area contributed by atoms with Gasteiger partial charge in [0.15, 0.2) is 0 Å². The van der Waals surface area contributed by atoms with Gasteiger partial charge < -0.3 is 10.1 Å². The van der Waals surface area contributed by atoms with Crippen molar-refractivity contribution in [2.45, 2.75) is 33.3 Å². The molecule has 15 heavy (non-hydrogen) atoms. The van der Waals surface area contributed by atoms with Crippen LogP contribution in [0.5, 0.6) is 5.75 Å². The number of hydrogen-bond donors (Lipinski definition) is 1. The summed E-state index contributed by atoms with van der Waals surface area (Å²) in [5, 5.41) is 3.34. The summed E-state index contributed by atoms with van der Waals surface area (Å²) in [4.78, 5) is 0. The molecule has 2 heteroatoms. The van der Waals surface area contributed by atoms with Crippen molar-refractivity contribution in [2.75, 3.05) is 13.1 Å². The highest BCUT2D eigenvalue weighted by molar-refractivity contribution is 5.31. The van der Waals surface area contributed by atoms with E-state index in [-0.39, 0.29) is 7.43 Å². The average Bonchev–Trinajstić information content (AvgIpc) is 2.23. The Morgan fingerprint density at radius 2 is 1.87 bits per heavy atom. The molecule has 0 amide bonds. The number of ether oxygens (including phenoxy) is 1. The molecule has 1 aromatic rings. The van der Waals surface area contributed by atoms with Crippen molar-refractivity contribution >= 4 is 0 Å². The summed E-state index contributed by atoms with van der Waals surface area (Å²) in [7, 11) is 0. The number of rotatable bonds is 2. The Hall–Kier alpha value is -1.02. The topological polar surface area (TPSA) is 21.3 Å². The predicted octanol–water partition coefficient (Wildman–Crippen LogP) is 2.76. The average molecular weight is 207 g/mol. The summed E-state index contributed by atoms with van der Waals surface area (Å²) in [5.74, 6) is 1.04. The van der Waals surface area contributed by atoms with Crippen molar-refractivity contribution in [2.24, 2.45) is 0 Å². The Morgan fingerprint density at radius 1 is 1.20 bits per heavy atom. The van der Waals surface area contributed by atoms with Gasteiger partial charge in [0.2, 0.25) is 0 Å². The van der Waals surface area contributed by atoms with Crippen LogP contribution >= 0.6 is 0 Å². The van der Waals surface area contributed by atoms with Crippen molar-refractivity contribution in [3.63, 3.8) is 0 Å². The van der Waals surface area contributed by atoms with Crippen LogP contribution in [0, 0.1) is 6.92 Å². The number of aryl methyl sites for hydroxylation is 1. The lowest BCUT2D eigenvalue weighted by Crippen LogP contribution is -2.34. The smallest absolute Gasteiger partial charge is 0.122 e. The summed E-state index contributed by atoms with van der Waals surface area (Å²) in [6.45, 7) is 4.25. The van der Waals surface area contributed by atoms with Crippen LogP contribution < -0.4 is 10.1 Å². The summed E-state index contributed by atoms with van der Waals surface area (Å²) in [5.41, 5.74) is 1.23. The highest BCUT2D eigenvalue weighted by Gasteiger charge is 2.14. The molecule has 0 aliphatic carbocycles. The number of benzene rings is 1. The van der Waals surface area contributed by atoms with Crippen LogP contribution in [-0.2, 0) is 0 Å². The Labute approximate surface area is 92.6 Å². The van der Waals surface area contributed by atoms with E-state index in [1.54, 1.807) is 0 Å². The maximum Gasteiger partial charge on any atom is 0.122 e. The quantitative estimate of drug-likeness (QED) is 0.805. The van der Waals surface area contributed by atoms with Crippen LogP contribution in [0.4, 0.5) is 0 Å². The van der Waals surface area contributed by atoms with Gasteiger partial charge in [0.25, 0.3) is 0 Å². The van der Waals surface area contributed by atoms with E-state index in [0.29, 0.717) is 6.10 Å². The summed E-state index contributed by atoms with van der Waals surface area (Å²) in [6, 6.07) is 8.22. The number of piperidine rings is 1. The van der Waals surface area contributed by atoms with Crippen LogP contribution in [0.3, 0.4) is 0 Å². The second-order valence-electron chi connectivity index (χ2n) is 3.83. The van der Waals surface area contributed by atoms with Crippen molar-refractivity contribution in [3.8, 4) is 5.75 Å². The number of para-hydroxylation sites is 1. The molecular weight excluding hydrogens is 186 g/mol. The maximum absolute atomic E-state index is 5.95. The lowest BCUT2D eigenvalue weighted by molar-refractivity contribution is 0.161. The van der Waals surface area contributed by atoms with E-state index < -0.39 is 0 Å². The molecule has 1 fully saturated rings. The van der Waals surface area contributed by atoms with Crippen molar-refractivity contribution in [1.82, 2.24) is 5.32 Å². The molecule has 0 unspecified atom stereocenters. The van der Waals surface area contributed by atoms with Gasteiger partial charge in [-0.15, -0.1) is 0 Å². The van der Waals surface area contributed by atoms with Crippen LogP contribution in [0.25, 0.3) is 0 Å². The monoisotopic (exact) mass is 207 g/mol. The van der Waals surface area contributed by atoms with Crippen molar-refractivity contribution < 1.29 is 4.74 Å². The van der Waals surface area contributed by atoms with E-state index in [2.05, 4.69) is 24.4 Å². The van der Waals surface area contributed by atoms with Crippen LogP contribution in [0.1, 0.15) is 25.8 Å². The van der Waals surface area contributed by atoms with E-state index >= 15 is 0 Å². The summed E-state index contributed by atoms with van der Waals surface area (Å²) >= 11 is 0. The first-order valence-electron chi connectivity index (χ1n) is 5.29. The minimum absolute atomic E-state index is 0. The minimum atomic E-state index is 0. The van der Waals surface area contributed by atoms with E-state index in [4.69, 9.17) is 4.74 Å². The van der Waals surface area contributed by atoms with Gasteiger partial charge in [-0.05, 0) is 44.5 Å².